The molecule has 7 heteroatoms. The molecule has 1 aromatic heterocycles. The third kappa shape index (κ3) is 4.66. The molecule has 0 aliphatic rings. The van der Waals surface area contributed by atoms with Crippen LogP contribution in [0.5, 0.6) is 0 Å². The Labute approximate surface area is 154 Å². The molecule has 142 valence electrons. The maximum Gasteiger partial charge on any atom is 0.293 e. The maximum atomic E-state index is 13.6. The number of amides is 1. The normalized spacial score (nSPS) is 12.7. The molecule has 1 amide bonds. The van der Waals surface area contributed by atoms with E-state index in [9.17, 15) is 9.18 Å². The highest BCUT2D eigenvalue weighted by molar-refractivity contribution is 5.90. The lowest BCUT2D eigenvalue weighted by atomic mass is 10.0. The minimum Gasteiger partial charge on any atom is -0.339 e. The van der Waals surface area contributed by atoms with Crippen molar-refractivity contribution in [2.24, 2.45) is 11.7 Å². The van der Waals surface area contributed by atoms with E-state index in [0.29, 0.717) is 30.4 Å². The number of carbonyl (C=O) groups is 1. The van der Waals surface area contributed by atoms with Crippen molar-refractivity contribution in [3.05, 3.63) is 41.7 Å². The van der Waals surface area contributed by atoms with E-state index >= 15 is 0 Å². The number of carbonyl (C=O) groups excluding carboxylic acids is 1. The second-order valence-electron chi connectivity index (χ2n) is 7.26. The van der Waals surface area contributed by atoms with Crippen molar-refractivity contribution in [3.63, 3.8) is 0 Å². The van der Waals surface area contributed by atoms with Crippen LogP contribution >= 0.6 is 0 Å². The lowest BCUT2D eigenvalue weighted by molar-refractivity contribution is 0.0777. The molecule has 1 aromatic carbocycles. The van der Waals surface area contributed by atoms with Crippen LogP contribution in [-0.2, 0) is 0 Å². The highest BCUT2D eigenvalue weighted by Crippen LogP contribution is 2.18. The molecule has 2 rings (SSSR count). The van der Waals surface area contributed by atoms with Crippen LogP contribution in [0.4, 0.5) is 4.39 Å². The van der Waals surface area contributed by atoms with Crippen LogP contribution in [0.3, 0.4) is 0 Å². The molecule has 0 aliphatic heterocycles. The van der Waals surface area contributed by atoms with Gasteiger partial charge in [-0.1, -0.05) is 33.8 Å². The third-order valence-electron chi connectivity index (χ3n) is 4.39. The minimum absolute atomic E-state index is 0.0342. The zero-order chi connectivity index (χ0) is 19.4. The van der Waals surface area contributed by atoms with Gasteiger partial charge >= 0.3 is 0 Å². The third-order valence-corrected chi connectivity index (χ3v) is 4.39. The fourth-order valence-corrected chi connectivity index (χ4v) is 2.53. The van der Waals surface area contributed by atoms with Crippen LogP contribution in [0, 0.1) is 11.7 Å². The summed E-state index contributed by atoms with van der Waals surface area (Å²) in [5.74, 6) is 0.492. The van der Waals surface area contributed by atoms with E-state index in [1.54, 1.807) is 24.1 Å². The predicted octanol–water partition coefficient (Wildman–Crippen LogP) is 2.98. The van der Waals surface area contributed by atoms with Crippen molar-refractivity contribution in [2.45, 2.75) is 46.1 Å². The molecule has 6 nitrogen and oxygen atoms in total. The summed E-state index contributed by atoms with van der Waals surface area (Å²) in [6.45, 7) is 8.57. The van der Waals surface area contributed by atoms with Gasteiger partial charge in [-0.3, -0.25) is 4.79 Å². The highest BCUT2D eigenvalue weighted by Gasteiger charge is 2.22. The molecule has 2 N–H and O–H groups in total. The molecule has 0 bridgehead atoms. The maximum absolute atomic E-state index is 13.6. The van der Waals surface area contributed by atoms with Gasteiger partial charge < -0.3 is 10.6 Å². The monoisotopic (exact) mass is 361 g/mol. The van der Waals surface area contributed by atoms with Gasteiger partial charge in [-0.05, 0) is 30.5 Å². The second kappa shape index (κ2) is 8.40. The first-order valence-electron chi connectivity index (χ1n) is 8.94. The first-order chi connectivity index (χ1) is 12.2. The van der Waals surface area contributed by atoms with Gasteiger partial charge in [0, 0.05) is 25.6 Å². The minimum atomic E-state index is -0.361. The van der Waals surface area contributed by atoms with E-state index in [4.69, 9.17) is 5.73 Å². The molecular weight excluding hydrogens is 333 g/mol. The van der Waals surface area contributed by atoms with Gasteiger partial charge in [0.25, 0.3) is 5.91 Å². The van der Waals surface area contributed by atoms with Crippen LogP contribution in [0.2, 0.25) is 0 Å². The Bertz CT molecular complexity index is 756. The zero-order valence-electron chi connectivity index (χ0n) is 16.1. The van der Waals surface area contributed by atoms with Crippen LogP contribution in [0.25, 0.3) is 5.69 Å². The summed E-state index contributed by atoms with van der Waals surface area (Å²) in [6.07, 6.45) is 0.710. The lowest BCUT2D eigenvalue weighted by Gasteiger charge is -2.20. The van der Waals surface area contributed by atoms with Crippen molar-refractivity contribution in [2.75, 3.05) is 13.6 Å². The number of hydrogen-bond acceptors (Lipinski definition) is 4. The molecule has 0 radical (unpaired) electrons. The Morgan fingerprint density at radius 3 is 2.58 bits per heavy atom. The quantitative estimate of drug-likeness (QED) is 0.822. The molecule has 0 fully saturated rings. The summed E-state index contributed by atoms with van der Waals surface area (Å²) in [5, 5.41) is 4.34. The van der Waals surface area contributed by atoms with Gasteiger partial charge in [0.15, 0.2) is 0 Å². The molecular formula is C19H28FN5O. The molecule has 0 saturated carbocycles. The summed E-state index contributed by atoms with van der Waals surface area (Å²) >= 11 is 0. The van der Waals surface area contributed by atoms with Crippen molar-refractivity contribution in [1.82, 2.24) is 19.7 Å². The Morgan fingerprint density at radius 2 is 2.00 bits per heavy atom. The van der Waals surface area contributed by atoms with E-state index < -0.39 is 0 Å². The highest BCUT2D eigenvalue weighted by atomic mass is 19.1. The average Bonchev–Trinajstić information content (AvgIpc) is 3.04. The molecule has 0 saturated heterocycles. The molecule has 1 heterocycles. The summed E-state index contributed by atoms with van der Waals surface area (Å²) in [6, 6.07) is 6.13. The largest absolute Gasteiger partial charge is 0.339 e. The van der Waals surface area contributed by atoms with Crippen LogP contribution in [0.1, 0.15) is 56.5 Å². The number of halogens is 1. The molecule has 0 aliphatic carbocycles. The van der Waals surface area contributed by atoms with Crippen LogP contribution in [-0.4, -0.2) is 45.2 Å². The fourth-order valence-electron chi connectivity index (χ4n) is 2.53. The molecule has 2 aromatic rings. The molecule has 1 unspecified atom stereocenters. The van der Waals surface area contributed by atoms with E-state index in [-0.39, 0.29) is 29.5 Å². The van der Waals surface area contributed by atoms with Gasteiger partial charge in [-0.25, -0.2) is 14.1 Å². The number of nitrogens with two attached hydrogens (primary N) is 1. The van der Waals surface area contributed by atoms with Gasteiger partial charge in [-0.2, -0.15) is 0 Å². The Kier molecular flexibility index (Phi) is 6.47. The standard InChI is InChI=1S/C19H28FN5O/c1-12(2)16(21)9-10-24(5)19(26)17-22-18(13(3)4)25(23-17)15-8-6-7-14(20)11-15/h6-8,11-13,16H,9-10,21H2,1-5H3. The van der Waals surface area contributed by atoms with Crippen molar-refractivity contribution in [3.8, 4) is 5.69 Å². The SMILES string of the molecule is CC(C)c1nc(C(=O)N(C)CCC(N)C(C)C)nn1-c1cccc(F)c1. The van der Waals surface area contributed by atoms with E-state index in [1.807, 2.05) is 13.8 Å². The van der Waals surface area contributed by atoms with Crippen LogP contribution in [0.15, 0.2) is 24.3 Å². The number of rotatable bonds is 7. The van der Waals surface area contributed by atoms with Crippen molar-refractivity contribution >= 4 is 5.91 Å². The Morgan fingerprint density at radius 1 is 1.31 bits per heavy atom. The number of hydrogen-bond donors (Lipinski definition) is 1. The Hall–Kier alpha value is -2.28. The predicted molar refractivity (Wildman–Crippen MR) is 99.8 cm³/mol. The number of aromatic nitrogens is 3. The molecule has 26 heavy (non-hydrogen) atoms. The fraction of sp³-hybridized carbons (Fsp3) is 0.526. The smallest absolute Gasteiger partial charge is 0.293 e. The first-order valence-corrected chi connectivity index (χ1v) is 8.94. The van der Waals surface area contributed by atoms with E-state index in [2.05, 4.69) is 23.9 Å². The summed E-state index contributed by atoms with van der Waals surface area (Å²) < 4.78 is 15.1. The topological polar surface area (TPSA) is 77.0 Å². The van der Waals surface area contributed by atoms with Crippen molar-refractivity contribution < 1.29 is 9.18 Å². The van der Waals surface area contributed by atoms with Gasteiger partial charge in [0.2, 0.25) is 5.82 Å². The lowest BCUT2D eigenvalue weighted by Crippen LogP contribution is -2.35. The molecule has 1 atom stereocenters. The number of benzene rings is 1. The van der Waals surface area contributed by atoms with Gasteiger partial charge in [-0.15, -0.1) is 5.10 Å². The zero-order valence-corrected chi connectivity index (χ0v) is 16.1. The van der Waals surface area contributed by atoms with Gasteiger partial charge in [0.1, 0.15) is 11.6 Å². The van der Waals surface area contributed by atoms with Crippen molar-refractivity contribution in [1.29, 1.82) is 0 Å². The molecule has 0 spiro atoms. The first kappa shape index (κ1) is 20.0. The summed E-state index contributed by atoms with van der Waals surface area (Å²) in [4.78, 5) is 18.7. The second-order valence-corrected chi connectivity index (χ2v) is 7.26. The average molecular weight is 361 g/mol. The van der Waals surface area contributed by atoms with Gasteiger partial charge in [0.05, 0.1) is 5.69 Å². The van der Waals surface area contributed by atoms with E-state index in [1.165, 1.54) is 16.8 Å². The van der Waals surface area contributed by atoms with E-state index in [0.717, 1.165) is 0 Å². The summed E-state index contributed by atoms with van der Waals surface area (Å²) in [7, 11) is 1.72. The number of nitrogens with zero attached hydrogens (tertiary/aromatic N) is 4. The Balaban J connectivity index is 2.24. The van der Waals surface area contributed by atoms with Crippen LogP contribution < -0.4 is 5.73 Å². The summed E-state index contributed by atoms with van der Waals surface area (Å²) in [5.41, 5.74) is 6.60.